The third-order valence-electron chi connectivity index (χ3n) is 2.56. The van der Waals surface area contributed by atoms with E-state index in [2.05, 4.69) is 11.1 Å². The Hall–Kier alpha value is -1.90. The molecule has 0 fully saturated rings. The Kier molecular flexibility index (Phi) is 8.08. The van der Waals surface area contributed by atoms with Gasteiger partial charge in [0.2, 0.25) is 0 Å². The second-order valence-electron chi connectivity index (χ2n) is 4.34. The lowest BCUT2D eigenvalue weighted by Gasteiger charge is -2.09. The number of phenols is 1. The fraction of sp³-hybridized carbons (Fsp3) is 0. The molecule has 0 aliphatic rings. The fourth-order valence-corrected chi connectivity index (χ4v) is 2.30. The van der Waals surface area contributed by atoms with Crippen molar-refractivity contribution in [3.05, 3.63) is 56.0 Å². The molecule has 134 valence electrons. The number of nitrogens with one attached hydrogen (secondary N) is 2. The molecule has 0 unspecified atom stereocenters. The van der Waals surface area contributed by atoms with E-state index in [1.807, 2.05) is 0 Å². The summed E-state index contributed by atoms with van der Waals surface area (Å²) in [6.07, 6.45) is 0. The molecule has 0 aliphatic carbocycles. The third kappa shape index (κ3) is 6.49. The van der Waals surface area contributed by atoms with Gasteiger partial charge in [0, 0.05) is 10.7 Å². The lowest BCUT2D eigenvalue weighted by molar-refractivity contribution is 0.102. The SMILES string of the molecule is NC(=O)NO.O=C(Nc1ccc(Cl)c(Cl)c1)c1cc(Cl)cc(Cl)c1O. The van der Waals surface area contributed by atoms with Gasteiger partial charge in [-0.2, -0.15) is 0 Å². The quantitative estimate of drug-likeness (QED) is 0.362. The van der Waals surface area contributed by atoms with Crippen LogP contribution in [0.3, 0.4) is 0 Å². The predicted molar refractivity (Wildman–Crippen MR) is 97.0 cm³/mol. The summed E-state index contributed by atoms with van der Waals surface area (Å²) >= 11 is 23.2. The highest BCUT2D eigenvalue weighted by molar-refractivity contribution is 6.42. The second kappa shape index (κ2) is 9.55. The zero-order chi connectivity index (χ0) is 19.1. The summed E-state index contributed by atoms with van der Waals surface area (Å²) in [7, 11) is 0. The minimum absolute atomic E-state index is 0.00297. The highest BCUT2D eigenvalue weighted by Gasteiger charge is 2.15. The van der Waals surface area contributed by atoms with Gasteiger partial charge in [-0.05, 0) is 30.3 Å². The number of urea groups is 1. The number of phenolic OH excluding ortho intramolecular Hbond substituents is 1. The number of aromatic hydroxyl groups is 1. The first-order chi connectivity index (χ1) is 11.6. The summed E-state index contributed by atoms with van der Waals surface area (Å²) in [6, 6.07) is 6.33. The minimum atomic E-state index is -0.940. The molecule has 3 amide bonds. The van der Waals surface area contributed by atoms with Crippen molar-refractivity contribution in [2.75, 3.05) is 5.32 Å². The first-order valence-corrected chi connectivity index (χ1v) is 7.80. The molecule has 0 bridgehead atoms. The molecule has 0 atom stereocenters. The maximum Gasteiger partial charge on any atom is 0.335 e. The monoisotopic (exact) mass is 425 g/mol. The van der Waals surface area contributed by atoms with E-state index in [1.54, 1.807) is 12.1 Å². The molecular weight excluding hydrogens is 416 g/mol. The van der Waals surface area contributed by atoms with E-state index in [4.69, 9.17) is 51.6 Å². The van der Waals surface area contributed by atoms with Crippen LogP contribution in [0.2, 0.25) is 20.1 Å². The smallest absolute Gasteiger partial charge is 0.335 e. The zero-order valence-corrected chi connectivity index (χ0v) is 15.2. The van der Waals surface area contributed by atoms with Gasteiger partial charge < -0.3 is 16.2 Å². The van der Waals surface area contributed by atoms with Gasteiger partial charge in [0.05, 0.1) is 20.6 Å². The van der Waals surface area contributed by atoms with Crippen molar-refractivity contribution in [1.82, 2.24) is 5.48 Å². The predicted octanol–water partition coefficient (Wildman–Crippen LogP) is 4.30. The second-order valence-corrected chi connectivity index (χ2v) is 6.00. The van der Waals surface area contributed by atoms with Crippen LogP contribution < -0.4 is 16.5 Å². The number of hydrogen-bond acceptors (Lipinski definition) is 4. The van der Waals surface area contributed by atoms with Crippen LogP contribution in [-0.2, 0) is 0 Å². The van der Waals surface area contributed by atoms with Crippen LogP contribution in [0.4, 0.5) is 10.5 Å². The number of nitrogens with two attached hydrogens (primary N) is 1. The van der Waals surface area contributed by atoms with Crippen LogP contribution in [0.25, 0.3) is 0 Å². The molecule has 0 aliphatic heterocycles. The average molecular weight is 427 g/mol. The number of primary amides is 1. The summed E-state index contributed by atoms with van der Waals surface area (Å²) in [4.78, 5) is 21.3. The lowest BCUT2D eigenvalue weighted by atomic mass is 10.2. The van der Waals surface area contributed by atoms with Gasteiger partial charge in [-0.25, -0.2) is 10.3 Å². The van der Waals surface area contributed by atoms with E-state index >= 15 is 0 Å². The number of benzene rings is 2. The third-order valence-corrected chi connectivity index (χ3v) is 3.81. The largest absolute Gasteiger partial charge is 0.506 e. The van der Waals surface area contributed by atoms with Gasteiger partial charge in [-0.3, -0.25) is 10.0 Å². The number of hydrogen-bond donors (Lipinski definition) is 5. The molecule has 2 aromatic carbocycles. The van der Waals surface area contributed by atoms with E-state index in [0.717, 1.165) is 0 Å². The van der Waals surface area contributed by atoms with Crippen LogP contribution in [0.1, 0.15) is 10.4 Å². The van der Waals surface area contributed by atoms with Crippen molar-refractivity contribution in [2.24, 2.45) is 5.73 Å². The van der Waals surface area contributed by atoms with Crippen LogP contribution in [0.5, 0.6) is 5.75 Å². The molecule has 25 heavy (non-hydrogen) atoms. The Labute approximate surface area is 162 Å². The summed E-state index contributed by atoms with van der Waals surface area (Å²) in [5.74, 6) is -0.904. The zero-order valence-electron chi connectivity index (χ0n) is 12.2. The van der Waals surface area contributed by atoms with Crippen molar-refractivity contribution in [2.45, 2.75) is 0 Å². The highest BCUT2D eigenvalue weighted by Crippen LogP contribution is 2.32. The first kappa shape index (κ1) is 21.1. The molecule has 7 nitrogen and oxygen atoms in total. The number of carbonyl (C=O) groups excluding carboxylic acids is 2. The van der Waals surface area contributed by atoms with Crippen molar-refractivity contribution in [1.29, 1.82) is 0 Å². The lowest BCUT2D eigenvalue weighted by Crippen LogP contribution is -2.25. The number of rotatable bonds is 2. The molecule has 0 spiro atoms. The molecule has 0 heterocycles. The van der Waals surface area contributed by atoms with Crippen molar-refractivity contribution >= 4 is 64.0 Å². The van der Waals surface area contributed by atoms with Gasteiger partial charge >= 0.3 is 6.03 Å². The Morgan fingerprint density at radius 1 is 0.960 bits per heavy atom. The van der Waals surface area contributed by atoms with Gasteiger partial charge in [0.25, 0.3) is 5.91 Å². The first-order valence-electron chi connectivity index (χ1n) is 6.29. The Morgan fingerprint density at radius 3 is 2.08 bits per heavy atom. The number of halogens is 4. The molecule has 2 aromatic rings. The Balaban J connectivity index is 0.000000550. The molecule has 2 rings (SSSR count). The summed E-state index contributed by atoms with van der Waals surface area (Å²) in [5.41, 5.74) is 5.86. The van der Waals surface area contributed by atoms with E-state index < -0.39 is 11.9 Å². The highest BCUT2D eigenvalue weighted by atomic mass is 35.5. The summed E-state index contributed by atoms with van der Waals surface area (Å²) in [6.45, 7) is 0. The molecule has 6 N–H and O–H groups in total. The Morgan fingerprint density at radius 2 is 1.56 bits per heavy atom. The van der Waals surface area contributed by atoms with Gasteiger partial charge in [0.15, 0.2) is 0 Å². The normalized spacial score (nSPS) is 9.64. The van der Waals surface area contributed by atoms with E-state index in [-0.39, 0.29) is 21.4 Å². The summed E-state index contributed by atoms with van der Waals surface area (Å²) < 4.78 is 0. The average Bonchev–Trinajstić information content (AvgIpc) is 2.54. The topological polar surface area (TPSA) is 125 Å². The van der Waals surface area contributed by atoms with Crippen molar-refractivity contribution in [3.8, 4) is 5.75 Å². The van der Waals surface area contributed by atoms with E-state index in [1.165, 1.54) is 23.7 Å². The number of anilines is 1. The van der Waals surface area contributed by atoms with Crippen molar-refractivity contribution in [3.63, 3.8) is 0 Å². The maximum absolute atomic E-state index is 12.1. The molecule has 0 saturated carbocycles. The maximum atomic E-state index is 12.1. The van der Waals surface area contributed by atoms with E-state index in [9.17, 15) is 14.7 Å². The minimum Gasteiger partial charge on any atom is -0.506 e. The summed E-state index contributed by atoms with van der Waals surface area (Å²) in [5, 5.41) is 20.7. The van der Waals surface area contributed by atoms with Gasteiger partial charge in [0.1, 0.15) is 5.75 Å². The fourth-order valence-electron chi connectivity index (χ4n) is 1.51. The number of amides is 3. The van der Waals surface area contributed by atoms with Crippen molar-refractivity contribution < 1.29 is 19.9 Å². The molecule has 11 heteroatoms. The van der Waals surface area contributed by atoms with E-state index in [0.29, 0.717) is 15.7 Å². The van der Waals surface area contributed by atoms with Gasteiger partial charge in [-0.15, -0.1) is 0 Å². The molecular formula is C14H11Cl4N3O4. The van der Waals surface area contributed by atoms with Gasteiger partial charge in [-0.1, -0.05) is 46.4 Å². The van der Waals surface area contributed by atoms with Crippen LogP contribution in [-0.4, -0.2) is 22.3 Å². The number of carbonyl (C=O) groups is 2. The molecule has 0 saturated heterocycles. The Bertz CT molecular complexity index is 802. The number of hydroxylamine groups is 1. The van der Waals surface area contributed by atoms with Crippen LogP contribution in [0.15, 0.2) is 30.3 Å². The van der Waals surface area contributed by atoms with Crippen LogP contribution in [0, 0.1) is 0 Å². The van der Waals surface area contributed by atoms with Crippen LogP contribution >= 0.6 is 46.4 Å². The standard InChI is InChI=1S/C13H7Cl4NO2.CH4N2O2/c14-6-3-8(12(19)11(17)4-6)13(20)18-7-1-2-9(15)10(16)5-7;2-1(4)3-5/h1-5,19H,(H,18,20);5H,(H3,2,3,4). The molecule has 0 aromatic heterocycles. The molecule has 0 radical (unpaired) electrons.